The van der Waals surface area contributed by atoms with Crippen molar-refractivity contribution in [1.29, 1.82) is 0 Å². The maximum atomic E-state index is 9.36. The largest absolute Gasteiger partial charge is 0.508 e. The van der Waals surface area contributed by atoms with Gasteiger partial charge in [0.2, 0.25) is 5.95 Å². The molecule has 0 radical (unpaired) electrons. The number of aromatic hydroxyl groups is 1. The minimum atomic E-state index is 0.222. The summed E-state index contributed by atoms with van der Waals surface area (Å²) in [4.78, 5) is 12.3. The van der Waals surface area contributed by atoms with Crippen molar-refractivity contribution in [2.45, 2.75) is 11.6 Å². The summed E-state index contributed by atoms with van der Waals surface area (Å²) in [6.07, 6.45) is 2.40. The Kier molecular flexibility index (Phi) is 3.43. The number of hydrogen-bond acceptors (Lipinski definition) is 6. The second-order valence-electron chi connectivity index (χ2n) is 3.44. The van der Waals surface area contributed by atoms with Crippen molar-refractivity contribution in [2.24, 2.45) is 0 Å². The Morgan fingerprint density at radius 2 is 2.12 bits per heavy atom. The number of phenolic OH excluding ortho intramolecular Hbond substituents is 1. The van der Waals surface area contributed by atoms with Crippen molar-refractivity contribution in [2.75, 3.05) is 12.0 Å². The van der Waals surface area contributed by atoms with Crippen molar-refractivity contribution in [3.05, 3.63) is 35.7 Å². The number of thioether (sulfide) groups is 1. The van der Waals surface area contributed by atoms with Gasteiger partial charge in [0.25, 0.3) is 0 Å². The third kappa shape index (κ3) is 3.07. The van der Waals surface area contributed by atoms with Crippen LogP contribution in [0.3, 0.4) is 0 Å². The third-order valence-electron chi connectivity index (χ3n) is 2.13. The van der Waals surface area contributed by atoms with Crippen LogP contribution in [0.5, 0.6) is 5.75 Å². The van der Waals surface area contributed by atoms with Crippen LogP contribution in [0.15, 0.2) is 29.4 Å². The predicted molar refractivity (Wildman–Crippen MR) is 66.9 cm³/mol. The smallest absolute Gasteiger partial charge is 0.224 e. The predicted octanol–water partition coefficient (Wildman–Crippen LogP) is 1.47. The van der Waals surface area contributed by atoms with Gasteiger partial charge in [-0.25, -0.2) is 4.98 Å². The van der Waals surface area contributed by atoms with Gasteiger partial charge in [-0.15, -0.1) is 0 Å². The highest BCUT2D eigenvalue weighted by Crippen LogP contribution is 2.15. The summed E-state index contributed by atoms with van der Waals surface area (Å²) in [5, 5.41) is 9.97. The minimum Gasteiger partial charge on any atom is -0.508 e. The van der Waals surface area contributed by atoms with Gasteiger partial charge in [0, 0.05) is 6.42 Å². The number of anilines is 1. The Bertz CT molecular complexity index is 533. The topological polar surface area (TPSA) is 84.9 Å². The second-order valence-corrected chi connectivity index (χ2v) is 4.22. The average Bonchev–Trinajstić information content (AvgIpc) is 2.28. The molecule has 0 saturated heterocycles. The van der Waals surface area contributed by atoms with E-state index in [0.29, 0.717) is 17.4 Å². The van der Waals surface area contributed by atoms with Crippen LogP contribution in [0, 0.1) is 0 Å². The van der Waals surface area contributed by atoms with Gasteiger partial charge >= 0.3 is 0 Å². The fourth-order valence-electron chi connectivity index (χ4n) is 1.43. The van der Waals surface area contributed by atoms with E-state index in [0.717, 1.165) is 5.56 Å². The molecule has 0 aliphatic rings. The van der Waals surface area contributed by atoms with E-state index < -0.39 is 0 Å². The van der Waals surface area contributed by atoms with Crippen molar-refractivity contribution in [3.63, 3.8) is 0 Å². The molecular formula is C11H12N4OS. The van der Waals surface area contributed by atoms with Crippen LogP contribution in [-0.2, 0) is 6.42 Å². The van der Waals surface area contributed by atoms with Crippen LogP contribution < -0.4 is 5.73 Å². The highest BCUT2D eigenvalue weighted by atomic mass is 32.2. The van der Waals surface area contributed by atoms with Crippen LogP contribution in [0.4, 0.5) is 5.95 Å². The van der Waals surface area contributed by atoms with Gasteiger partial charge in [-0.2, -0.15) is 9.97 Å². The third-order valence-corrected chi connectivity index (χ3v) is 2.68. The number of benzene rings is 1. The SMILES string of the molecule is CSc1nc(N)nc(Cc2cccc(O)c2)n1. The highest BCUT2D eigenvalue weighted by Gasteiger charge is 2.05. The minimum absolute atomic E-state index is 0.222. The van der Waals surface area contributed by atoms with Gasteiger partial charge in [-0.1, -0.05) is 23.9 Å². The van der Waals surface area contributed by atoms with Crippen molar-refractivity contribution in [3.8, 4) is 5.75 Å². The summed E-state index contributed by atoms with van der Waals surface area (Å²) < 4.78 is 0. The monoisotopic (exact) mass is 248 g/mol. The molecule has 0 aliphatic carbocycles. The Hall–Kier alpha value is -1.82. The lowest BCUT2D eigenvalue weighted by molar-refractivity contribution is 0.474. The standard InChI is InChI=1S/C11H12N4OS/c1-17-11-14-9(13-10(12)15-11)6-7-3-2-4-8(16)5-7/h2-5,16H,6H2,1H3,(H2,12,13,14,15). The molecule has 6 heteroatoms. The molecule has 0 bridgehead atoms. The molecule has 0 saturated carbocycles. The molecule has 2 aromatic rings. The zero-order valence-corrected chi connectivity index (χ0v) is 10.1. The summed E-state index contributed by atoms with van der Waals surface area (Å²) >= 11 is 1.42. The maximum Gasteiger partial charge on any atom is 0.224 e. The molecule has 1 aromatic carbocycles. The van der Waals surface area contributed by atoms with Gasteiger partial charge in [0.05, 0.1) is 0 Å². The number of nitrogens with zero attached hydrogens (tertiary/aromatic N) is 3. The summed E-state index contributed by atoms with van der Waals surface area (Å²) in [6, 6.07) is 6.99. The summed E-state index contributed by atoms with van der Waals surface area (Å²) in [5.74, 6) is 1.06. The van der Waals surface area contributed by atoms with Crippen molar-refractivity contribution >= 4 is 17.7 Å². The zero-order valence-electron chi connectivity index (χ0n) is 9.29. The fraction of sp³-hybridized carbons (Fsp3) is 0.182. The van der Waals surface area contributed by atoms with Crippen molar-refractivity contribution in [1.82, 2.24) is 15.0 Å². The normalized spacial score (nSPS) is 10.4. The molecule has 17 heavy (non-hydrogen) atoms. The van der Waals surface area contributed by atoms with Crippen LogP contribution in [0.25, 0.3) is 0 Å². The quantitative estimate of drug-likeness (QED) is 0.800. The van der Waals surface area contributed by atoms with Gasteiger partial charge in [-0.05, 0) is 24.0 Å². The number of nitrogens with two attached hydrogens (primary N) is 1. The molecule has 5 nitrogen and oxygen atoms in total. The van der Waals surface area contributed by atoms with E-state index in [-0.39, 0.29) is 11.7 Å². The second kappa shape index (κ2) is 5.01. The number of rotatable bonds is 3. The van der Waals surface area contributed by atoms with Gasteiger partial charge < -0.3 is 10.8 Å². The first-order valence-electron chi connectivity index (χ1n) is 4.99. The molecular weight excluding hydrogens is 236 g/mol. The molecule has 3 N–H and O–H groups in total. The Morgan fingerprint density at radius 1 is 1.29 bits per heavy atom. The van der Waals surface area contributed by atoms with Crippen LogP contribution in [-0.4, -0.2) is 26.3 Å². The molecule has 1 heterocycles. The zero-order chi connectivity index (χ0) is 12.3. The van der Waals surface area contributed by atoms with E-state index in [1.165, 1.54) is 11.8 Å². The lowest BCUT2D eigenvalue weighted by atomic mass is 10.1. The molecule has 1 aromatic heterocycles. The molecule has 0 amide bonds. The fourth-order valence-corrected chi connectivity index (χ4v) is 1.82. The van der Waals surface area contributed by atoms with Crippen LogP contribution >= 0.6 is 11.8 Å². The van der Waals surface area contributed by atoms with E-state index in [4.69, 9.17) is 5.73 Å². The number of phenols is 1. The lowest BCUT2D eigenvalue weighted by Crippen LogP contribution is -2.04. The molecule has 0 unspecified atom stereocenters. The first kappa shape index (κ1) is 11.7. The number of aromatic nitrogens is 3. The van der Waals surface area contributed by atoms with Gasteiger partial charge in [0.1, 0.15) is 11.6 Å². The molecule has 2 rings (SSSR count). The van der Waals surface area contributed by atoms with Crippen LogP contribution in [0.2, 0.25) is 0 Å². The lowest BCUT2D eigenvalue weighted by Gasteiger charge is -2.03. The number of nitrogen functional groups attached to an aromatic ring is 1. The van der Waals surface area contributed by atoms with E-state index in [1.54, 1.807) is 18.2 Å². The van der Waals surface area contributed by atoms with Gasteiger partial charge in [0.15, 0.2) is 5.16 Å². The molecule has 88 valence electrons. The molecule has 0 spiro atoms. The van der Waals surface area contributed by atoms with Crippen LogP contribution in [0.1, 0.15) is 11.4 Å². The average molecular weight is 248 g/mol. The molecule has 0 fully saturated rings. The molecule has 0 atom stereocenters. The summed E-state index contributed by atoms with van der Waals surface area (Å²) in [6.45, 7) is 0. The summed E-state index contributed by atoms with van der Waals surface area (Å²) in [7, 11) is 0. The first-order chi connectivity index (χ1) is 8.17. The molecule has 0 aliphatic heterocycles. The number of hydrogen-bond donors (Lipinski definition) is 2. The van der Waals surface area contributed by atoms with Gasteiger partial charge in [-0.3, -0.25) is 0 Å². The van der Waals surface area contributed by atoms with E-state index in [9.17, 15) is 5.11 Å². The van der Waals surface area contributed by atoms with E-state index in [1.807, 2.05) is 12.3 Å². The summed E-state index contributed by atoms with van der Waals surface area (Å²) in [5.41, 5.74) is 6.53. The Balaban J connectivity index is 2.26. The van der Waals surface area contributed by atoms with E-state index in [2.05, 4.69) is 15.0 Å². The van der Waals surface area contributed by atoms with Crippen molar-refractivity contribution < 1.29 is 5.11 Å². The Morgan fingerprint density at radius 3 is 2.82 bits per heavy atom. The first-order valence-corrected chi connectivity index (χ1v) is 6.22. The van der Waals surface area contributed by atoms with E-state index >= 15 is 0 Å². The maximum absolute atomic E-state index is 9.36. The highest BCUT2D eigenvalue weighted by molar-refractivity contribution is 7.98. The Labute approximate surface area is 103 Å².